The summed E-state index contributed by atoms with van der Waals surface area (Å²) in [5, 5.41) is 3.94. The summed E-state index contributed by atoms with van der Waals surface area (Å²) in [4.78, 5) is 19.0. The minimum absolute atomic E-state index is 0.140. The fourth-order valence-corrected chi connectivity index (χ4v) is 3.92. The van der Waals surface area contributed by atoms with E-state index in [1.165, 1.54) is 5.56 Å². The van der Waals surface area contributed by atoms with Gasteiger partial charge in [0.15, 0.2) is 5.82 Å². The highest BCUT2D eigenvalue weighted by molar-refractivity contribution is 5.96. The van der Waals surface area contributed by atoms with E-state index in [0.717, 1.165) is 42.3 Å². The molecule has 1 aliphatic carbocycles. The molecule has 6 nitrogen and oxygen atoms in total. The van der Waals surface area contributed by atoms with Crippen LogP contribution in [0.15, 0.2) is 24.5 Å². The molecule has 1 aromatic heterocycles. The highest BCUT2D eigenvalue weighted by atomic mass is 19.4. The van der Waals surface area contributed by atoms with E-state index in [2.05, 4.69) is 16.1 Å². The number of aromatic nitrogens is 3. The lowest BCUT2D eigenvalue weighted by Gasteiger charge is -2.35. The van der Waals surface area contributed by atoms with Crippen LogP contribution in [0, 0.1) is 0 Å². The molecule has 0 N–H and O–H groups in total. The van der Waals surface area contributed by atoms with Gasteiger partial charge in [-0.05, 0) is 42.9 Å². The van der Waals surface area contributed by atoms with Gasteiger partial charge in [-0.1, -0.05) is 12.1 Å². The summed E-state index contributed by atoms with van der Waals surface area (Å²) in [5.41, 5.74) is 2.95. The number of morpholine rings is 1. The molecule has 9 heteroatoms. The summed E-state index contributed by atoms with van der Waals surface area (Å²) in [6.07, 6.45) is 0.660. The van der Waals surface area contributed by atoms with Crippen LogP contribution in [0.25, 0.3) is 0 Å². The highest BCUT2D eigenvalue weighted by Crippen LogP contribution is 2.29. The first kappa shape index (κ1) is 18.9. The molecule has 0 spiro atoms. The Bertz CT molecular complexity index is 865. The van der Waals surface area contributed by atoms with Gasteiger partial charge in [0.2, 0.25) is 0 Å². The average Bonchev–Trinajstić information content (AvgIpc) is 3.13. The Morgan fingerprint density at radius 3 is 2.89 bits per heavy atom. The second-order valence-corrected chi connectivity index (χ2v) is 7.16. The Hall–Kier alpha value is -2.42. The first-order valence-corrected chi connectivity index (χ1v) is 9.38. The number of ether oxygens (including phenoxy) is 1. The topological polar surface area (TPSA) is 60.3 Å². The van der Waals surface area contributed by atoms with Crippen molar-refractivity contribution in [2.24, 2.45) is 0 Å². The highest BCUT2D eigenvalue weighted by Gasteiger charge is 2.34. The van der Waals surface area contributed by atoms with Gasteiger partial charge in [0.05, 0.1) is 13.2 Å². The lowest BCUT2D eigenvalue weighted by Crippen LogP contribution is -2.44. The molecule has 1 aromatic carbocycles. The van der Waals surface area contributed by atoms with Crippen molar-refractivity contribution in [2.45, 2.75) is 44.4 Å². The van der Waals surface area contributed by atoms with Crippen molar-refractivity contribution in [3.63, 3.8) is 0 Å². The largest absolute Gasteiger partial charge is 0.408 e. The molecule has 1 atom stereocenters. The molecule has 1 aliphatic heterocycles. The van der Waals surface area contributed by atoms with Gasteiger partial charge in [0.25, 0.3) is 5.91 Å². The fraction of sp³-hybridized carbons (Fsp3) is 0.526. The Balaban J connectivity index is 1.60. The maximum atomic E-state index is 13.3. The number of amides is 1. The van der Waals surface area contributed by atoms with Crippen LogP contribution in [0.3, 0.4) is 0 Å². The Morgan fingerprint density at radius 2 is 2.07 bits per heavy atom. The molecular weight excluding hydrogens is 373 g/mol. The number of aryl methyl sites for hydroxylation is 1. The van der Waals surface area contributed by atoms with E-state index in [9.17, 15) is 18.0 Å². The van der Waals surface area contributed by atoms with Crippen LogP contribution in [0.1, 0.15) is 46.2 Å². The second-order valence-electron chi connectivity index (χ2n) is 7.16. The molecule has 4 rings (SSSR count). The third-order valence-electron chi connectivity index (χ3n) is 5.21. The number of hydrogen-bond acceptors (Lipinski definition) is 4. The number of nitrogens with zero attached hydrogens (tertiary/aromatic N) is 4. The molecule has 28 heavy (non-hydrogen) atoms. The summed E-state index contributed by atoms with van der Waals surface area (Å²) in [6, 6.07) is 5.18. The molecule has 0 unspecified atom stereocenters. The molecule has 2 aliphatic rings. The van der Waals surface area contributed by atoms with Gasteiger partial charge in [0, 0.05) is 12.1 Å². The lowest BCUT2D eigenvalue weighted by molar-refractivity contribution is -0.142. The van der Waals surface area contributed by atoms with Gasteiger partial charge < -0.3 is 9.64 Å². The molecule has 150 valence electrons. The Morgan fingerprint density at radius 1 is 1.25 bits per heavy atom. The molecule has 1 saturated heterocycles. The predicted molar refractivity (Wildman–Crippen MR) is 93.8 cm³/mol. The van der Waals surface area contributed by atoms with Crippen molar-refractivity contribution in [2.75, 3.05) is 19.8 Å². The monoisotopic (exact) mass is 394 g/mol. The van der Waals surface area contributed by atoms with E-state index in [0.29, 0.717) is 18.7 Å². The smallest absolute Gasteiger partial charge is 0.377 e. The van der Waals surface area contributed by atoms with Crippen molar-refractivity contribution in [1.29, 1.82) is 0 Å². The van der Waals surface area contributed by atoms with E-state index in [1.807, 2.05) is 12.1 Å². The quantitative estimate of drug-likeness (QED) is 0.803. The van der Waals surface area contributed by atoms with Gasteiger partial charge in [-0.25, -0.2) is 9.67 Å². The van der Waals surface area contributed by atoms with Crippen LogP contribution >= 0.6 is 0 Å². The Labute approximate surface area is 160 Å². The van der Waals surface area contributed by atoms with Crippen molar-refractivity contribution in [3.8, 4) is 0 Å². The molecule has 1 amide bonds. The first-order chi connectivity index (χ1) is 13.4. The van der Waals surface area contributed by atoms with Crippen LogP contribution < -0.4 is 0 Å². The van der Waals surface area contributed by atoms with Crippen LogP contribution in [0.4, 0.5) is 13.2 Å². The first-order valence-electron chi connectivity index (χ1n) is 9.38. The van der Waals surface area contributed by atoms with E-state index < -0.39 is 18.8 Å². The lowest BCUT2D eigenvalue weighted by atomic mass is 9.87. The third-order valence-corrected chi connectivity index (χ3v) is 5.21. The number of rotatable bonds is 3. The zero-order chi connectivity index (χ0) is 19.7. The predicted octanol–water partition coefficient (Wildman–Crippen LogP) is 2.93. The van der Waals surface area contributed by atoms with Crippen LogP contribution in [-0.4, -0.2) is 51.5 Å². The number of alkyl halides is 3. The standard InChI is InChI=1S/C19H21F3N4O2/c20-19(21,22)11-25-12-23-17(24-25)16-10-28-9-8-26(16)18(27)15-7-3-5-13-4-1-2-6-14(13)15/h3,5,7,12,16H,1-2,4,6,8-11H2/t16-/m1/s1. The van der Waals surface area contributed by atoms with Crippen LogP contribution in [0.5, 0.6) is 0 Å². The molecule has 0 radical (unpaired) electrons. The zero-order valence-electron chi connectivity index (χ0n) is 15.3. The van der Waals surface area contributed by atoms with Crippen molar-refractivity contribution < 1.29 is 22.7 Å². The molecule has 0 bridgehead atoms. The molecule has 2 heterocycles. The number of carbonyl (C=O) groups is 1. The minimum atomic E-state index is -4.38. The third kappa shape index (κ3) is 3.89. The average molecular weight is 394 g/mol. The van der Waals surface area contributed by atoms with E-state index in [1.54, 1.807) is 4.90 Å². The zero-order valence-corrected chi connectivity index (χ0v) is 15.3. The second kappa shape index (κ2) is 7.54. The Kier molecular flexibility index (Phi) is 5.09. The normalized spacial score (nSPS) is 20.1. The van der Waals surface area contributed by atoms with Gasteiger partial charge in [0.1, 0.15) is 18.9 Å². The molecule has 1 fully saturated rings. The summed E-state index contributed by atoms with van der Waals surface area (Å²) < 4.78 is 44.0. The minimum Gasteiger partial charge on any atom is -0.377 e. The number of benzene rings is 1. The van der Waals surface area contributed by atoms with Crippen LogP contribution in [0.2, 0.25) is 0 Å². The van der Waals surface area contributed by atoms with Crippen LogP contribution in [-0.2, 0) is 24.1 Å². The maximum absolute atomic E-state index is 13.3. The van der Waals surface area contributed by atoms with Gasteiger partial charge in [-0.3, -0.25) is 4.79 Å². The number of fused-ring (bicyclic) bond motifs is 1. The van der Waals surface area contributed by atoms with Gasteiger partial charge in [-0.2, -0.15) is 18.3 Å². The molecule has 0 saturated carbocycles. The number of hydrogen-bond donors (Lipinski definition) is 0. The van der Waals surface area contributed by atoms with Crippen molar-refractivity contribution in [1.82, 2.24) is 19.7 Å². The summed E-state index contributed by atoms with van der Waals surface area (Å²) >= 11 is 0. The number of carbonyl (C=O) groups excluding carboxylic acids is 1. The fourth-order valence-electron chi connectivity index (χ4n) is 3.92. The van der Waals surface area contributed by atoms with Gasteiger partial charge >= 0.3 is 6.18 Å². The maximum Gasteiger partial charge on any atom is 0.408 e. The number of halogens is 3. The van der Waals surface area contributed by atoms with Crippen molar-refractivity contribution >= 4 is 5.91 Å². The summed E-state index contributed by atoms with van der Waals surface area (Å²) in [6.45, 7) is -0.327. The SMILES string of the molecule is O=C(c1cccc2c1CCCC2)N1CCOC[C@@H]1c1ncn(CC(F)(F)F)n1. The summed E-state index contributed by atoms with van der Waals surface area (Å²) in [7, 11) is 0. The molecular formula is C19H21F3N4O2. The van der Waals surface area contributed by atoms with E-state index >= 15 is 0 Å². The van der Waals surface area contributed by atoms with E-state index in [-0.39, 0.29) is 18.3 Å². The van der Waals surface area contributed by atoms with Crippen molar-refractivity contribution in [3.05, 3.63) is 47.0 Å². The van der Waals surface area contributed by atoms with Gasteiger partial charge in [-0.15, -0.1) is 0 Å². The summed E-state index contributed by atoms with van der Waals surface area (Å²) in [5.74, 6) is 0.0290. The van der Waals surface area contributed by atoms with E-state index in [4.69, 9.17) is 4.74 Å². The molecule has 2 aromatic rings.